The molecule has 1 saturated heterocycles. The van der Waals surface area contributed by atoms with Gasteiger partial charge in [0.15, 0.2) is 11.5 Å². The second kappa shape index (κ2) is 10.6. The number of likely N-dealkylation sites (tertiary alicyclic amines) is 1. The van der Waals surface area contributed by atoms with E-state index in [-0.39, 0.29) is 12.2 Å². The summed E-state index contributed by atoms with van der Waals surface area (Å²) in [7, 11) is -1.17. The Labute approximate surface area is 212 Å². The highest BCUT2D eigenvalue weighted by Gasteiger charge is 2.28. The number of hydrogen-bond acceptors (Lipinski definition) is 8. The number of H-pyrrole nitrogens is 1. The zero-order valence-electron chi connectivity index (χ0n) is 22.1. The number of nitrogens with one attached hydrogen (secondary N) is 1. The monoisotopic (exact) mass is 515 g/mol. The van der Waals surface area contributed by atoms with E-state index in [0.717, 1.165) is 11.6 Å². The number of nitrogens with zero attached hydrogens (tertiary/aromatic N) is 6. The van der Waals surface area contributed by atoms with Gasteiger partial charge < -0.3 is 28.7 Å². The number of aromatic nitrogens is 6. The van der Waals surface area contributed by atoms with Crippen LogP contribution in [0.5, 0.6) is 5.88 Å². The standard InChI is InChI=1S/C24H37N7O4Si/c1-24(2,3)35-23(32)30-9-7-17(8-10-30)34-19-13-25-22-20(28-19)18(21-26-15-27-29-21)14-31(22)16-33-11-12-36(4,5)6/h13-15,17H,7-12,16H2,1-6H3,(H,26,27,29). The van der Waals surface area contributed by atoms with Crippen molar-refractivity contribution in [2.45, 2.75) is 77.7 Å². The van der Waals surface area contributed by atoms with Crippen LogP contribution in [-0.4, -0.2) is 80.2 Å². The van der Waals surface area contributed by atoms with Crippen molar-refractivity contribution < 1.29 is 19.0 Å². The molecule has 1 amide bonds. The first-order valence-corrected chi connectivity index (χ1v) is 16.1. The maximum atomic E-state index is 12.3. The first kappa shape index (κ1) is 26.1. The minimum absolute atomic E-state index is 0.0591. The van der Waals surface area contributed by atoms with Crippen LogP contribution in [0.4, 0.5) is 4.79 Å². The molecule has 3 aromatic heterocycles. The molecule has 0 spiro atoms. The smallest absolute Gasteiger partial charge is 0.410 e. The number of rotatable bonds is 8. The summed E-state index contributed by atoms with van der Waals surface area (Å²) in [6, 6.07) is 1.09. The highest BCUT2D eigenvalue weighted by Crippen LogP contribution is 2.28. The Bertz CT molecular complexity index is 1160. The first-order chi connectivity index (χ1) is 17.0. The summed E-state index contributed by atoms with van der Waals surface area (Å²) in [5.74, 6) is 1.05. The topological polar surface area (TPSA) is 120 Å². The molecule has 0 aliphatic carbocycles. The molecule has 3 aromatic rings. The fourth-order valence-corrected chi connectivity index (χ4v) is 4.65. The van der Waals surface area contributed by atoms with Crippen LogP contribution in [0, 0.1) is 0 Å². The summed E-state index contributed by atoms with van der Waals surface area (Å²) < 4.78 is 19.5. The Morgan fingerprint density at radius 2 is 1.97 bits per heavy atom. The zero-order chi connectivity index (χ0) is 25.9. The van der Waals surface area contributed by atoms with E-state index in [2.05, 4.69) is 39.8 Å². The molecule has 4 rings (SSSR count). The van der Waals surface area contributed by atoms with Gasteiger partial charge in [0.1, 0.15) is 30.3 Å². The third-order valence-electron chi connectivity index (χ3n) is 5.82. The van der Waals surface area contributed by atoms with Crippen molar-refractivity contribution in [1.82, 2.24) is 34.6 Å². The average molecular weight is 516 g/mol. The zero-order valence-corrected chi connectivity index (χ0v) is 23.1. The number of hydrogen-bond donors (Lipinski definition) is 1. The Balaban J connectivity index is 1.45. The maximum Gasteiger partial charge on any atom is 0.410 e. The molecule has 1 fully saturated rings. The van der Waals surface area contributed by atoms with Crippen LogP contribution in [0.1, 0.15) is 33.6 Å². The number of aromatic amines is 1. The predicted octanol–water partition coefficient (Wildman–Crippen LogP) is 4.31. The largest absolute Gasteiger partial charge is 0.473 e. The SMILES string of the molecule is CC(C)(C)OC(=O)N1CCC(Oc2cnc3c(n2)c(-c2nnc[nH]2)cn3COCC[Si](C)(C)C)CC1. The van der Waals surface area contributed by atoms with Crippen molar-refractivity contribution in [3.8, 4) is 17.3 Å². The van der Waals surface area contributed by atoms with E-state index in [1.165, 1.54) is 6.33 Å². The fourth-order valence-electron chi connectivity index (χ4n) is 3.90. The second-order valence-corrected chi connectivity index (χ2v) is 17.0. The van der Waals surface area contributed by atoms with Crippen molar-refractivity contribution in [3.63, 3.8) is 0 Å². The van der Waals surface area contributed by atoms with Crippen LogP contribution >= 0.6 is 0 Å². The molecular formula is C24H37N7O4Si. The lowest BCUT2D eigenvalue weighted by Crippen LogP contribution is -2.44. The van der Waals surface area contributed by atoms with Gasteiger partial charge in [0.2, 0.25) is 5.88 Å². The average Bonchev–Trinajstić information content (AvgIpc) is 3.43. The highest BCUT2D eigenvalue weighted by atomic mass is 28.3. The van der Waals surface area contributed by atoms with Crippen molar-refractivity contribution in [3.05, 3.63) is 18.7 Å². The minimum Gasteiger partial charge on any atom is -0.473 e. The Morgan fingerprint density at radius 1 is 1.22 bits per heavy atom. The van der Waals surface area contributed by atoms with Crippen LogP contribution in [0.2, 0.25) is 25.7 Å². The molecule has 1 aliphatic heterocycles. The van der Waals surface area contributed by atoms with Gasteiger partial charge in [-0.25, -0.2) is 14.8 Å². The number of carbonyl (C=O) groups is 1. The lowest BCUT2D eigenvalue weighted by atomic mass is 10.1. The number of piperidine rings is 1. The fraction of sp³-hybridized carbons (Fsp3) is 0.625. The van der Waals surface area contributed by atoms with Crippen LogP contribution in [-0.2, 0) is 16.2 Å². The summed E-state index contributed by atoms with van der Waals surface area (Å²) in [5, 5.41) is 8.08. The molecule has 4 heterocycles. The molecule has 0 aromatic carbocycles. The third kappa shape index (κ3) is 6.81. The molecule has 36 heavy (non-hydrogen) atoms. The van der Waals surface area contributed by atoms with E-state index in [9.17, 15) is 4.79 Å². The van der Waals surface area contributed by atoms with Crippen LogP contribution < -0.4 is 4.74 Å². The molecule has 11 nitrogen and oxygen atoms in total. The van der Waals surface area contributed by atoms with Gasteiger partial charge in [-0.2, -0.15) is 0 Å². The van der Waals surface area contributed by atoms with Gasteiger partial charge in [0, 0.05) is 46.8 Å². The molecule has 196 valence electrons. The van der Waals surface area contributed by atoms with Crippen LogP contribution in [0.15, 0.2) is 18.7 Å². The van der Waals surface area contributed by atoms with Gasteiger partial charge in [-0.15, -0.1) is 10.2 Å². The lowest BCUT2D eigenvalue weighted by molar-refractivity contribution is 0.0123. The van der Waals surface area contributed by atoms with Crippen LogP contribution in [0.25, 0.3) is 22.6 Å². The molecule has 1 N–H and O–H groups in total. The van der Waals surface area contributed by atoms with Crippen LogP contribution in [0.3, 0.4) is 0 Å². The molecule has 12 heteroatoms. The minimum atomic E-state index is -1.17. The molecule has 0 atom stereocenters. The van der Waals surface area contributed by atoms with Gasteiger partial charge >= 0.3 is 6.09 Å². The van der Waals surface area contributed by atoms with Gasteiger partial charge in [0.25, 0.3) is 0 Å². The Morgan fingerprint density at radius 3 is 2.61 bits per heavy atom. The van der Waals surface area contributed by atoms with E-state index < -0.39 is 13.7 Å². The van der Waals surface area contributed by atoms with Crippen molar-refractivity contribution >= 4 is 25.3 Å². The van der Waals surface area contributed by atoms with E-state index in [4.69, 9.17) is 19.2 Å². The number of carbonyl (C=O) groups excluding carboxylic acids is 1. The van der Waals surface area contributed by atoms with E-state index in [1.807, 2.05) is 31.5 Å². The molecular weight excluding hydrogens is 478 g/mol. The number of fused-ring (bicyclic) bond motifs is 1. The quantitative estimate of drug-likeness (QED) is 0.348. The van der Waals surface area contributed by atoms with Gasteiger partial charge in [-0.05, 0) is 26.8 Å². The van der Waals surface area contributed by atoms with Gasteiger partial charge in [0.05, 0.1) is 11.8 Å². The van der Waals surface area contributed by atoms with Crippen molar-refractivity contribution in [1.29, 1.82) is 0 Å². The Kier molecular flexibility index (Phi) is 7.64. The second-order valence-electron chi connectivity index (χ2n) is 11.4. The molecule has 0 unspecified atom stereocenters. The summed E-state index contributed by atoms with van der Waals surface area (Å²) in [6.07, 6.45) is 6.16. The summed E-state index contributed by atoms with van der Waals surface area (Å²) in [6.45, 7) is 14.8. The number of ether oxygens (including phenoxy) is 3. The Hall–Kier alpha value is -2.99. The maximum absolute atomic E-state index is 12.3. The van der Waals surface area contributed by atoms with E-state index in [1.54, 1.807) is 11.1 Å². The van der Waals surface area contributed by atoms with E-state index >= 15 is 0 Å². The van der Waals surface area contributed by atoms with Gasteiger partial charge in [-0.1, -0.05) is 19.6 Å². The summed E-state index contributed by atoms with van der Waals surface area (Å²) >= 11 is 0. The number of amides is 1. The summed E-state index contributed by atoms with van der Waals surface area (Å²) in [4.78, 5) is 26.5. The molecule has 0 saturated carbocycles. The highest BCUT2D eigenvalue weighted by molar-refractivity contribution is 6.76. The normalized spacial score (nSPS) is 15.4. The molecule has 0 radical (unpaired) electrons. The third-order valence-corrected chi connectivity index (χ3v) is 7.53. The summed E-state index contributed by atoms with van der Waals surface area (Å²) in [5.41, 5.74) is 1.65. The molecule has 0 bridgehead atoms. The molecule has 1 aliphatic rings. The first-order valence-electron chi connectivity index (χ1n) is 12.4. The lowest BCUT2D eigenvalue weighted by Gasteiger charge is -2.33. The predicted molar refractivity (Wildman–Crippen MR) is 138 cm³/mol. The van der Waals surface area contributed by atoms with Gasteiger partial charge in [-0.3, -0.25) is 0 Å². The van der Waals surface area contributed by atoms with E-state index in [0.29, 0.717) is 62.1 Å². The van der Waals surface area contributed by atoms with Crippen molar-refractivity contribution in [2.24, 2.45) is 0 Å². The van der Waals surface area contributed by atoms with Crippen molar-refractivity contribution in [2.75, 3.05) is 19.7 Å².